The Kier molecular flexibility index (Phi) is 9.88. The van der Waals surface area contributed by atoms with Crippen molar-refractivity contribution in [1.82, 2.24) is 15.5 Å². The highest BCUT2D eigenvalue weighted by atomic mass is 127. The van der Waals surface area contributed by atoms with Gasteiger partial charge in [-0.1, -0.05) is 13.0 Å². The average molecular weight is 521 g/mol. The highest BCUT2D eigenvalue weighted by Crippen LogP contribution is 2.26. The zero-order valence-electron chi connectivity index (χ0n) is 17.5. The molecule has 164 valence electrons. The van der Waals surface area contributed by atoms with Crippen molar-refractivity contribution in [2.75, 3.05) is 51.2 Å². The van der Waals surface area contributed by atoms with E-state index in [0.29, 0.717) is 19.0 Å². The van der Waals surface area contributed by atoms with Gasteiger partial charge in [-0.05, 0) is 63.4 Å². The van der Waals surface area contributed by atoms with Crippen LogP contribution in [0.3, 0.4) is 0 Å². The second kappa shape index (κ2) is 11.9. The number of halogens is 3. The second-order valence-corrected chi connectivity index (χ2v) is 7.88. The predicted molar refractivity (Wildman–Crippen MR) is 126 cm³/mol. The lowest BCUT2D eigenvalue weighted by atomic mass is 9.97. The minimum absolute atomic E-state index is 0. The van der Waals surface area contributed by atoms with E-state index in [1.54, 1.807) is 11.9 Å². The van der Waals surface area contributed by atoms with E-state index in [1.165, 1.54) is 57.1 Å². The van der Waals surface area contributed by atoms with Crippen LogP contribution in [-0.4, -0.2) is 63.2 Å². The van der Waals surface area contributed by atoms with E-state index in [2.05, 4.69) is 27.4 Å². The maximum atomic E-state index is 14.0. The fraction of sp³-hybridized carbons (Fsp3) is 0.667. The van der Waals surface area contributed by atoms with Crippen molar-refractivity contribution >= 4 is 35.6 Å². The summed E-state index contributed by atoms with van der Waals surface area (Å²) in [7, 11) is 1.77. The molecule has 0 radical (unpaired) electrons. The van der Waals surface area contributed by atoms with Crippen LogP contribution in [0.4, 0.5) is 14.5 Å². The largest absolute Gasteiger partial charge is 0.365 e. The van der Waals surface area contributed by atoms with Crippen molar-refractivity contribution in [1.29, 1.82) is 0 Å². The summed E-state index contributed by atoms with van der Waals surface area (Å²) in [5.74, 6) is 0.436. The molecule has 2 aliphatic heterocycles. The molecule has 1 unspecified atom stereocenters. The van der Waals surface area contributed by atoms with Gasteiger partial charge in [-0.3, -0.25) is 4.99 Å². The molecular formula is C21H34F2IN5. The standard InChI is InChI=1S/C21H33F2N5.HI/c1-3-10-27-11-7-16(8-12-27)14-25-21(24-2)26-17-9-13-28(15-17)20-18(22)5-4-6-19(20)23;/h4-6,16-17H,3,7-15H2,1-2H3,(H2,24,25,26);1H. The van der Waals surface area contributed by atoms with Gasteiger partial charge in [0.15, 0.2) is 5.96 Å². The third-order valence-corrected chi connectivity index (χ3v) is 5.81. The number of piperidine rings is 1. The third-order valence-electron chi connectivity index (χ3n) is 5.81. The molecule has 2 fully saturated rings. The zero-order chi connectivity index (χ0) is 19.9. The van der Waals surface area contributed by atoms with Gasteiger partial charge >= 0.3 is 0 Å². The Balaban J connectivity index is 0.00000300. The minimum Gasteiger partial charge on any atom is -0.365 e. The monoisotopic (exact) mass is 521 g/mol. The number of nitrogens with one attached hydrogen (secondary N) is 2. The van der Waals surface area contributed by atoms with Crippen LogP contribution in [0, 0.1) is 17.6 Å². The molecule has 2 N–H and O–H groups in total. The summed E-state index contributed by atoms with van der Waals surface area (Å²) in [6.45, 7) is 7.89. The molecule has 29 heavy (non-hydrogen) atoms. The summed E-state index contributed by atoms with van der Waals surface area (Å²) in [4.78, 5) is 8.65. The van der Waals surface area contributed by atoms with Crippen LogP contribution in [0.15, 0.2) is 23.2 Å². The van der Waals surface area contributed by atoms with Crippen LogP contribution in [0.25, 0.3) is 0 Å². The van der Waals surface area contributed by atoms with Crippen LogP contribution < -0.4 is 15.5 Å². The molecule has 0 saturated carbocycles. The summed E-state index contributed by atoms with van der Waals surface area (Å²) in [5, 5.41) is 6.86. The van der Waals surface area contributed by atoms with Crippen molar-refractivity contribution in [2.45, 2.75) is 38.6 Å². The number of aliphatic imine (C=N–C) groups is 1. The van der Waals surface area contributed by atoms with Gasteiger partial charge in [0.25, 0.3) is 0 Å². The van der Waals surface area contributed by atoms with E-state index < -0.39 is 11.6 Å². The predicted octanol–water partition coefficient (Wildman–Crippen LogP) is 3.45. The number of hydrogen-bond donors (Lipinski definition) is 2. The lowest BCUT2D eigenvalue weighted by Crippen LogP contribution is -2.47. The molecular weight excluding hydrogens is 487 g/mol. The van der Waals surface area contributed by atoms with Crippen LogP contribution >= 0.6 is 24.0 Å². The Morgan fingerprint density at radius 2 is 1.83 bits per heavy atom. The third kappa shape index (κ3) is 6.67. The van der Waals surface area contributed by atoms with Gasteiger partial charge in [0.2, 0.25) is 0 Å². The number of likely N-dealkylation sites (tertiary alicyclic amines) is 1. The molecule has 0 bridgehead atoms. The van der Waals surface area contributed by atoms with E-state index in [1.807, 2.05) is 0 Å². The molecule has 8 heteroatoms. The van der Waals surface area contributed by atoms with Crippen molar-refractivity contribution in [3.05, 3.63) is 29.8 Å². The number of guanidine groups is 1. The van der Waals surface area contributed by atoms with E-state index >= 15 is 0 Å². The van der Waals surface area contributed by atoms with Crippen molar-refractivity contribution in [2.24, 2.45) is 10.9 Å². The molecule has 0 aliphatic carbocycles. The minimum atomic E-state index is -0.502. The fourth-order valence-corrected chi connectivity index (χ4v) is 4.23. The Bertz CT molecular complexity index is 644. The van der Waals surface area contributed by atoms with E-state index in [9.17, 15) is 8.78 Å². The number of benzene rings is 1. The molecule has 0 aromatic heterocycles. The topological polar surface area (TPSA) is 42.9 Å². The first-order valence-electron chi connectivity index (χ1n) is 10.5. The van der Waals surface area contributed by atoms with E-state index in [-0.39, 0.29) is 35.7 Å². The van der Waals surface area contributed by atoms with E-state index in [4.69, 9.17) is 0 Å². The first kappa shape index (κ1) is 24.1. The molecule has 2 heterocycles. The van der Waals surface area contributed by atoms with Crippen LogP contribution in [-0.2, 0) is 0 Å². The molecule has 2 saturated heterocycles. The highest BCUT2D eigenvalue weighted by Gasteiger charge is 2.27. The first-order valence-corrected chi connectivity index (χ1v) is 10.5. The van der Waals surface area contributed by atoms with Gasteiger partial charge in [0.05, 0.1) is 0 Å². The average Bonchev–Trinajstić information content (AvgIpc) is 3.14. The Morgan fingerprint density at radius 3 is 2.45 bits per heavy atom. The molecule has 5 nitrogen and oxygen atoms in total. The van der Waals surface area contributed by atoms with Crippen molar-refractivity contribution < 1.29 is 8.78 Å². The molecule has 1 atom stereocenters. The Labute approximate surface area is 190 Å². The van der Waals surface area contributed by atoms with Gasteiger partial charge in [-0.25, -0.2) is 8.78 Å². The smallest absolute Gasteiger partial charge is 0.191 e. The highest BCUT2D eigenvalue weighted by molar-refractivity contribution is 14.0. The van der Waals surface area contributed by atoms with Gasteiger partial charge < -0.3 is 20.4 Å². The lowest BCUT2D eigenvalue weighted by molar-refractivity contribution is 0.185. The lowest BCUT2D eigenvalue weighted by Gasteiger charge is -2.32. The second-order valence-electron chi connectivity index (χ2n) is 7.88. The molecule has 2 aliphatic rings. The molecule has 3 rings (SSSR count). The summed E-state index contributed by atoms with van der Waals surface area (Å²) in [5.41, 5.74) is 0.0774. The van der Waals surface area contributed by atoms with Crippen LogP contribution in [0.1, 0.15) is 32.6 Å². The van der Waals surface area contributed by atoms with Gasteiger partial charge in [0.1, 0.15) is 17.3 Å². The van der Waals surface area contributed by atoms with Crippen molar-refractivity contribution in [3.63, 3.8) is 0 Å². The maximum Gasteiger partial charge on any atom is 0.191 e. The first-order chi connectivity index (χ1) is 13.6. The van der Waals surface area contributed by atoms with Gasteiger partial charge in [-0.2, -0.15) is 0 Å². The summed E-state index contributed by atoms with van der Waals surface area (Å²) < 4.78 is 28.0. The molecule has 0 spiro atoms. The number of rotatable bonds is 6. The summed E-state index contributed by atoms with van der Waals surface area (Å²) in [6, 6.07) is 4.15. The normalized spacial score (nSPS) is 21.2. The molecule has 1 aromatic rings. The van der Waals surface area contributed by atoms with Crippen LogP contribution in [0.2, 0.25) is 0 Å². The number of nitrogens with zero attached hydrogens (tertiary/aromatic N) is 3. The Hall–Kier alpha value is -1.16. The number of anilines is 1. The van der Waals surface area contributed by atoms with Crippen molar-refractivity contribution in [3.8, 4) is 0 Å². The van der Waals surface area contributed by atoms with Crippen LogP contribution in [0.5, 0.6) is 0 Å². The maximum absolute atomic E-state index is 14.0. The summed E-state index contributed by atoms with van der Waals surface area (Å²) in [6.07, 6.45) is 4.47. The van der Waals surface area contributed by atoms with Gasteiger partial charge in [0, 0.05) is 32.7 Å². The fourth-order valence-electron chi connectivity index (χ4n) is 4.23. The number of para-hydroxylation sites is 1. The number of hydrogen-bond acceptors (Lipinski definition) is 3. The molecule has 1 aromatic carbocycles. The Morgan fingerprint density at radius 1 is 1.14 bits per heavy atom. The zero-order valence-corrected chi connectivity index (χ0v) is 19.8. The SMILES string of the molecule is CCCN1CCC(CNC(=NC)NC2CCN(c3c(F)cccc3F)C2)CC1.I. The summed E-state index contributed by atoms with van der Waals surface area (Å²) >= 11 is 0. The van der Waals surface area contributed by atoms with Gasteiger partial charge in [-0.15, -0.1) is 24.0 Å². The quantitative estimate of drug-likeness (QED) is 0.342. The van der Waals surface area contributed by atoms with E-state index in [0.717, 1.165) is 18.9 Å². The molecule has 0 amide bonds.